The molecule has 0 spiro atoms. The van der Waals surface area contributed by atoms with E-state index in [9.17, 15) is 0 Å². The van der Waals surface area contributed by atoms with Crippen molar-refractivity contribution in [1.82, 2.24) is 15.3 Å². The van der Waals surface area contributed by atoms with E-state index in [1.807, 2.05) is 0 Å². The van der Waals surface area contributed by atoms with Gasteiger partial charge in [0.2, 0.25) is 0 Å². The lowest BCUT2D eigenvalue weighted by molar-refractivity contribution is 0.0847. The number of nitrogens with zero attached hydrogens (tertiary/aromatic N) is 2. The number of oxime groups is 1. The van der Waals surface area contributed by atoms with E-state index in [2.05, 4.69) is 53.3 Å². The van der Waals surface area contributed by atoms with E-state index >= 15 is 0 Å². The zero-order valence-electron chi connectivity index (χ0n) is 12.9. The minimum atomic E-state index is 0.160. The monoisotopic (exact) mass is 286 g/mol. The Morgan fingerprint density at radius 3 is 3.00 bits per heavy atom. The van der Waals surface area contributed by atoms with Crippen LogP contribution < -0.4 is 5.32 Å². The Hall–Kier alpha value is -1.88. The summed E-state index contributed by atoms with van der Waals surface area (Å²) >= 11 is 0. The van der Waals surface area contributed by atoms with Crippen molar-refractivity contribution >= 4 is 16.7 Å². The van der Waals surface area contributed by atoms with Gasteiger partial charge in [-0.15, -0.1) is 0 Å². The lowest BCUT2D eigenvalue weighted by Crippen LogP contribution is -2.27. The first kappa shape index (κ1) is 14.1. The van der Waals surface area contributed by atoms with E-state index in [4.69, 9.17) is 4.84 Å². The van der Waals surface area contributed by atoms with Gasteiger partial charge in [-0.2, -0.15) is 0 Å². The number of hydrogen-bond donors (Lipinski definition) is 2. The predicted octanol–water partition coefficient (Wildman–Crippen LogP) is 2.82. The Kier molecular flexibility index (Phi) is 3.92. The highest BCUT2D eigenvalue weighted by Gasteiger charge is 2.19. The number of aromatic nitrogens is 2. The van der Waals surface area contributed by atoms with Crippen LogP contribution in [0.3, 0.4) is 0 Å². The fraction of sp³-hybridized carbons (Fsp3) is 0.500. The van der Waals surface area contributed by atoms with E-state index in [1.54, 1.807) is 0 Å². The first-order chi connectivity index (χ1) is 10.2. The molecular formula is C16H22N4O. The van der Waals surface area contributed by atoms with Gasteiger partial charge < -0.3 is 15.1 Å². The SMILES string of the molecule is CCC1=NOC(CNCc2nc3c(C)c(C)ccc3[nH]2)C1. The number of nitrogens with one attached hydrogen (secondary N) is 2. The minimum Gasteiger partial charge on any atom is -0.391 e. The molecule has 1 aromatic carbocycles. The average Bonchev–Trinajstić information content (AvgIpc) is 3.10. The molecular weight excluding hydrogens is 264 g/mol. The lowest BCUT2D eigenvalue weighted by atomic mass is 10.1. The summed E-state index contributed by atoms with van der Waals surface area (Å²) in [6.07, 6.45) is 2.06. The standard InChI is InChI=1S/C16H22N4O/c1-4-12-7-13(21-20-12)8-17-9-15-18-14-6-5-10(2)11(3)16(14)19-15/h5-6,13,17H,4,7-9H2,1-3H3,(H,18,19). The van der Waals surface area contributed by atoms with E-state index in [0.29, 0.717) is 6.54 Å². The van der Waals surface area contributed by atoms with Crippen molar-refractivity contribution in [3.8, 4) is 0 Å². The second kappa shape index (κ2) is 5.85. The molecule has 3 rings (SSSR count). The van der Waals surface area contributed by atoms with Gasteiger partial charge in [-0.3, -0.25) is 0 Å². The molecule has 112 valence electrons. The van der Waals surface area contributed by atoms with E-state index in [1.165, 1.54) is 11.1 Å². The third-order valence-corrected chi connectivity index (χ3v) is 4.09. The fourth-order valence-corrected chi connectivity index (χ4v) is 2.60. The summed E-state index contributed by atoms with van der Waals surface area (Å²) in [5.41, 5.74) is 5.84. The molecule has 5 nitrogen and oxygen atoms in total. The van der Waals surface area contributed by atoms with Gasteiger partial charge in [0.05, 0.1) is 23.3 Å². The van der Waals surface area contributed by atoms with Gasteiger partial charge in [-0.05, 0) is 37.5 Å². The van der Waals surface area contributed by atoms with Gasteiger partial charge in [0, 0.05) is 13.0 Å². The Bertz CT molecular complexity index is 674. The number of imidazole rings is 1. The van der Waals surface area contributed by atoms with Crippen molar-refractivity contribution in [2.45, 2.75) is 46.3 Å². The van der Waals surface area contributed by atoms with Crippen molar-refractivity contribution in [2.24, 2.45) is 5.16 Å². The highest BCUT2D eigenvalue weighted by atomic mass is 16.6. The molecule has 0 bridgehead atoms. The topological polar surface area (TPSA) is 62.3 Å². The highest BCUT2D eigenvalue weighted by Crippen LogP contribution is 2.19. The van der Waals surface area contributed by atoms with Crippen LogP contribution >= 0.6 is 0 Å². The maximum Gasteiger partial charge on any atom is 0.145 e. The Morgan fingerprint density at radius 2 is 2.24 bits per heavy atom. The largest absolute Gasteiger partial charge is 0.391 e. The maximum atomic E-state index is 5.38. The van der Waals surface area contributed by atoms with Crippen molar-refractivity contribution in [1.29, 1.82) is 0 Å². The van der Waals surface area contributed by atoms with Gasteiger partial charge in [-0.25, -0.2) is 4.98 Å². The summed E-state index contributed by atoms with van der Waals surface area (Å²) in [4.78, 5) is 13.4. The van der Waals surface area contributed by atoms with E-state index in [-0.39, 0.29) is 6.10 Å². The summed E-state index contributed by atoms with van der Waals surface area (Å²) in [6, 6.07) is 4.22. The molecule has 21 heavy (non-hydrogen) atoms. The molecule has 5 heteroatoms. The Labute approximate surface area is 124 Å². The van der Waals surface area contributed by atoms with Crippen LogP contribution in [0.25, 0.3) is 11.0 Å². The van der Waals surface area contributed by atoms with Crippen LogP contribution in [0.4, 0.5) is 0 Å². The number of aryl methyl sites for hydroxylation is 2. The first-order valence-corrected chi connectivity index (χ1v) is 7.54. The normalized spacial score (nSPS) is 18.0. The molecule has 1 atom stereocenters. The van der Waals surface area contributed by atoms with Crippen molar-refractivity contribution < 1.29 is 4.84 Å². The van der Waals surface area contributed by atoms with Gasteiger partial charge in [-0.1, -0.05) is 18.1 Å². The van der Waals surface area contributed by atoms with Crippen LogP contribution in [-0.4, -0.2) is 28.3 Å². The summed E-state index contributed by atoms with van der Waals surface area (Å²) < 4.78 is 0. The molecule has 0 radical (unpaired) electrons. The van der Waals surface area contributed by atoms with Crippen LogP contribution in [0.1, 0.15) is 36.7 Å². The lowest BCUT2D eigenvalue weighted by Gasteiger charge is -2.08. The average molecular weight is 286 g/mol. The highest BCUT2D eigenvalue weighted by molar-refractivity contribution is 5.85. The number of H-pyrrole nitrogens is 1. The van der Waals surface area contributed by atoms with Crippen molar-refractivity contribution in [3.63, 3.8) is 0 Å². The second-order valence-corrected chi connectivity index (χ2v) is 5.66. The molecule has 0 aliphatic carbocycles. The van der Waals surface area contributed by atoms with Crippen LogP contribution in [0.5, 0.6) is 0 Å². The molecule has 0 amide bonds. The molecule has 0 saturated heterocycles. The van der Waals surface area contributed by atoms with Gasteiger partial charge in [0.1, 0.15) is 11.9 Å². The van der Waals surface area contributed by atoms with Gasteiger partial charge in [0.25, 0.3) is 0 Å². The minimum absolute atomic E-state index is 0.160. The van der Waals surface area contributed by atoms with E-state index < -0.39 is 0 Å². The number of hydrogen-bond acceptors (Lipinski definition) is 4. The fourth-order valence-electron chi connectivity index (χ4n) is 2.60. The molecule has 1 unspecified atom stereocenters. The van der Waals surface area contributed by atoms with Gasteiger partial charge >= 0.3 is 0 Å². The molecule has 2 aromatic rings. The smallest absolute Gasteiger partial charge is 0.145 e. The first-order valence-electron chi connectivity index (χ1n) is 7.54. The molecule has 1 aromatic heterocycles. The Morgan fingerprint density at radius 1 is 1.38 bits per heavy atom. The van der Waals surface area contributed by atoms with E-state index in [0.717, 1.165) is 42.0 Å². The third-order valence-electron chi connectivity index (χ3n) is 4.09. The number of rotatable bonds is 5. The third kappa shape index (κ3) is 2.93. The number of fused-ring (bicyclic) bond motifs is 1. The summed E-state index contributed by atoms with van der Waals surface area (Å²) in [5.74, 6) is 0.966. The molecule has 1 aliphatic heterocycles. The van der Waals surface area contributed by atoms with Crippen LogP contribution in [-0.2, 0) is 11.4 Å². The van der Waals surface area contributed by atoms with Crippen LogP contribution in [0.15, 0.2) is 17.3 Å². The molecule has 2 heterocycles. The quantitative estimate of drug-likeness (QED) is 0.888. The van der Waals surface area contributed by atoms with Crippen LogP contribution in [0.2, 0.25) is 0 Å². The molecule has 2 N–H and O–H groups in total. The van der Waals surface area contributed by atoms with Crippen LogP contribution in [0, 0.1) is 13.8 Å². The summed E-state index contributed by atoms with van der Waals surface area (Å²) in [7, 11) is 0. The molecule has 1 aliphatic rings. The summed E-state index contributed by atoms with van der Waals surface area (Å²) in [6.45, 7) is 7.85. The number of aromatic amines is 1. The summed E-state index contributed by atoms with van der Waals surface area (Å²) in [5, 5.41) is 7.46. The van der Waals surface area contributed by atoms with Crippen molar-refractivity contribution in [2.75, 3.05) is 6.54 Å². The second-order valence-electron chi connectivity index (χ2n) is 5.66. The van der Waals surface area contributed by atoms with Gasteiger partial charge in [0.15, 0.2) is 0 Å². The predicted molar refractivity (Wildman–Crippen MR) is 84.5 cm³/mol. The molecule has 0 fully saturated rings. The molecule has 0 saturated carbocycles. The maximum absolute atomic E-state index is 5.38. The zero-order valence-corrected chi connectivity index (χ0v) is 12.9. The number of benzene rings is 1. The van der Waals surface area contributed by atoms with Crippen molar-refractivity contribution in [3.05, 3.63) is 29.1 Å². The Balaban J connectivity index is 1.58. The zero-order chi connectivity index (χ0) is 14.8.